The number of amides is 1. The van der Waals surface area contributed by atoms with Crippen molar-refractivity contribution in [3.05, 3.63) is 44.9 Å². The Bertz CT molecular complexity index is 635. The summed E-state index contributed by atoms with van der Waals surface area (Å²) >= 11 is 1.37. The fourth-order valence-electron chi connectivity index (χ4n) is 1.90. The molecule has 0 atom stereocenters. The second-order valence-corrected chi connectivity index (χ2v) is 5.81. The van der Waals surface area contributed by atoms with Crippen LogP contribution in [-0.4, -0.2) is 18.0 Å². The van der Waals surface area contributed by atoms with Gasteiger partial charge in [-0.3, -0.25) is 4.79 Å². The summed E-state index contributed by atoms with van der Waals surface area (Å²) < 4.78 is 5.05. The number of carbonyl (C=O) groups is 1. The molecule has 1 amide bonds. The van der Waals surface area contributed by atoms with Crippen LogP contribution in [0, 0.1) is 20.8 Å². The Balaban J connectivity index is 2.21. The number of ether oxygens (including phenoxy) is 1. The van der Waals surface area contributed by atoms with Crippen molar-refractivity contribution in [1.29, 1.82) is 0 Å². The molecule has 1 aromatic heterocycles. The first-order valence-electron chi connectivity index (χ1n) is 6.35. The average Bonchev–Trinajstić information content (AvgIpc) is 2.75. The van der Waals surface area contributed by atoms with Crippen molar-refractivity contribution in [2.45, 2.75) is 27.4 Å². The zero-order valence-corrected chi connectivity index (χ0v) is 12.9. The first kappa shape index (κ1) is 14.7. The molecule has 0 saturated heterocycles. The molecule has 0 aliphatic carbocycles. The number of anilines is 1. The molecule has 0 fully saturated rings. The van der Waals surface area contributed by atoms with Crippen LogP contribution in [0.4, 0.5) is 5.69 Å². The molecular formula is C15H18N2O2S. The van der Waals surface area contributed by atoms with Gasteiger partial charge in [0.1, 0.15) is 9.88 Å². The minimum absolute atomic E-state index is 0.115. The molecule has 2 rings (SSSR count). The van der Waals surface area contributed by atoms with Gasteiger partial charge in [0.15, 0.2) is 0 Å². The minimum Gasteiger partial charge on any atom is -0.378 e. The van der Waals surface area contributed by atoms with Crippen LogP contribution in [0.2, 0.25) is 0 Å². The lowest BCUT2D eigenvalue weighted by atomic mass is 10.1. The number of aromatic nitrogens is 1. The van der Waals surface area contributed by atoms with Crippen LogP contribution < -0.4 is 5.32 Å². The van der Waals surface area contributed by atoms with Gasteiger partial charge in [-0.25, -0.2) is 4.98 Å². The molecule has 5 heteroatoms. The summed E-state index contributed by atoms with van der Waals surface area (Å²) in [7, 11) is 1.62. The lowest BCUT2D eigenvalue weighted by Gasteiger charge is -2.08. The van der Waals surface area contributed by atoms with Gasteiger partial charge in [0.2, 0.25) is 0 Å². The third kappa shape index (κ3) is 3.23. The largest absolute Gasteiger partial charge is 0.378 e. The maximum absolute atomic E-state index is 12.3. The highest BCUT2D eigenvalue weighted by molar-refractivity contribution is 7.13. The van der Waals surface area contributed by atoms with Crippen LogP contribution in [-0.2, 0) is 11.3 Å². The number of nitrogens with zero attached hydrogens (tertiary/aromatic N) is 1. The van der Waals surface area contributed by atoms with Gasteiger partial charge in [-0.15, -0.1) is 11.3 Å². The van der Waals surface area contributed by atoms with Crippen molar-refractivity contribution in [3.63, 3.8) is 0 Å². The zero-order valence-electron chi connectivity index (χ0n) is 12.1. The van der Waals surface area contributed by atoms with E-state index in [9.17, 15) is 4.79 Å². The number of carbonyl (C=O) groups excluding carboxylic acids is 1. The van der Waals surface area contributed by atoms with Gasteiger partial charge in [-0.1, -0.05) is 12.1 Å². The van der Waals surface area contributed by atoms with Gasteiger partial charge in [-0.2, -0.15) is 0 Å². The molecule has 4 nitrogen and oxygen atoms in total. The van der Waals surface area contributed by atoms with Gasteiger partial charge in [0, 0.05) is 12.8 Å². The summed E-state index contributed by atoms with van der Waals surface area (Å²) in [5.41, 5.74) is 3.75. The molecule has 0 radical (unpaired) electrons. The molecule has 0 aliphatic rings. The van der Waals surface area contributed by atoms with Crippen molar-refractivity contribution >= 4 is 22.9 Å². The van der Waals surface area contributed by atoms with E-state index in [4.69, 9.17) is 4.74 Å². The number of benzene rings is 1. The lowest BCUT2D eigenvalue weighted by Crippen LogP contribution is -2.12. The van der Waals surface area contributed by atoms with Crippen molar-refractivity contribution in [1.82, 2.24) is 4.98 Å². The van der Waals surface area contributed by atoms with Crippen LogP contribution in [0.5, 0.6) is 0 Å². The van der Waals surface area contributed by atoms with E-state index in [1.165, 1.54) is 11.3 Å². The highest BCUT2D eigenvalue weighted by Gasteiger charge is 2.16. The predicted octanol–water partition coefficient (Wildman–Crippen LogP) is 3.47. The molecule has 2 aromatic rings. The van der Waals surface area contributed by atoms with Crippen molar-refractivity contribution in [2.75, 3.05) is 12.4 Å². The second kappa shape index (κ2) is 6.15. The highest BCUT2D eigenvalue weighted by Crippen LogP contribution is 2.22. The number of hydrogen-bond donors (Lipinski definition) is 1. The summed E-state index contributed by atoms with van der Waals surface area (Å²) in [5, 5.41) is 3.77. The smallest absolute Gasteiger partial charge is 0.267 e. The van der Waals surface area contributed by atoms with Crippen molar-refractivity contribution in [2.24, 2.45) is 0 Å². The molecule has 1 aromatic carbocycles. The van der Waals surface area contributed by atoms with E-state index in [2.05, 4.69) is 10.3 Å². The molecule has 0 saturated carbocycles. The van der Waals surface area contributed by atoms with E-state index in [0.29, 0.717) is 11.5 Å². The van der Waals surface area contributed by atoms with E-state index in [1.807, 2.05) is 39.0 Å². The molecular weight excluding hydrogens is 272 g/mol. The summed E-state index contributed by atoms with van der Waals surface area (Å²) in [5.74, 6) is -0.115. The van der Waals surface area contributed by atoms with E-state index >= 15 is 0 Å². The first-order chi connectivity index (χ1) is 9.51. The van der Waals surface area contributed by atoms with E-state index in [0.717, 1.165) is 27.5 Å². The molecule has 0 unspecified atom stereocenters. The monoisotopic (exact) mass is 290 g/mol. The van der Waals surface area contributed by atoms with Gasteiger partial charge in [-0.05, 0) is 38.0 Å². The maximum Gasteiger partial charge on any atom is 0.267 e. The second-order valence-electron chi connectivity index (χ2n) is 4.73. The Hall–Kier alpha value is -1.72. The molecule has 0 aliphatic heterocycles. The summed E-state index contributed by atoms with van der Waals surface area (Å²) in [4.78, 5) is 17.3. The number of thiazole rings is 1. The SMILES string of the molecule is COCc1nc(C)c(C(=O)Nc2cc(C)ccc2C)s1. The summed E-state index contributed by atoms with van der Waals surface area (Å²) in [6.07, 6.45) is 0. The number of hydrogen-bond acceptors (Lipinski definition) is 4. The number of rotatable bonds is 4. The van der Waals surface area contributed by atoms with Gasteiger partial charge in [0.25, 0.3) is 5.91 Å². The van der Waals surface area contributed by atoms with Gasteiger partial charge >= 0.3 is 0 Å². The standard InChI is InChI=1S/C15H18N2O2S/c1-9-5-6-10(2)12(7-9)17-15(18)14-11(3)16-13(20-14)8-19-4/h5-7H,8H2,1-4H3,(H,17,18). The first-order valence-corrected chi connectivity index (χ1v) is 7.16. The topological polar surface area (TPSA) is 51.2 Å². The van der Waals surface area contributed by atoms with E-state index in [-0.39, 0.29) is 5.91 Å². The van der Waals surface area contributed by atoms with Gasteiger partial charge in [0.05, 0.1) is 12.3 Å². The molecule has 1 heterocycles. The third-order valence-electron chi connectivity index (χ3n) is 2.96. The summed E-state index contributed by atoms with van der Waals surface area (Å²) in [6, 6.07) is 6.00. The quantitative estimate of drug-likeness (QED) is 0.938. The van der Waals surface area contributed by atoms with Crippen molar-refractivity contribution in [3.8, 4) is 0 Å². The third-order valence-corrected chi connectivity index (χ3v) is 4.09. The average molecular weight is 290 g/mol. The molecule has 0 bridgehead atoms. The van der Waals surface area contributed by atoms with Crippen LogP contribution in [0.15, 0.2) is 18.2 Å². The minimum atomic E-state index is -0.115. The van der Waals surface area contributed by atoms with Crippen LogP contribution in [0.25, 0.3) is 0 Å². The molecule has 1 N–H and O–H groups in total. The number of nitrogens with one attached hydrogen (secondary N) is 1. The lowest BCUT2D eigenvalue weighted by molar-refractivity contribution is 0.102. The maximum atomic E-state index is 12.3. The van der Waals surface area contributed by atoms with E-state index in [1.54, 1.807) is 7.11 Å². The Kier molecular flexibility index (Phi) is 4.52. The normalized spacial score (nSPS) is 10.6. The van der Waals surface area contributed by atoms with E-state index < -0.39 is 0 Å². The highest BCUT2D eigenvalue weighted by atomic mass is 32.1. The van der Waals surface area contributed by atoms with Crippen LogP contribution >= 0.6 is 11.3 Å². The Labute approximate surface area is 122 Å². The van der Waals surface area contributed by atoms with Crippen LogP contribution in [0.1, 0.15) is 31.5 Å². The zero-order chi connectivity index (χ0) is 14.7. The number of aryl methyl sites for hydroxylation is 3. The fraction of sp³-hybridized carbons (Fsp3) is 0.333. The Morgan fingerprint density at radius 2 is 2.10 bits per heavy atom. The fourth-order valence-corrected chi connectivity index (χ4v) is 2.83. The summed E-state index contributed by atoms with van der Waals surface area (Å²) in [6.45, 7) is 6.25. The number of methoxy groups -OCH3 is 1. The van der Waals surface area contributed by atoms with Crippen molar-refractivity contribution < 1.29 is 9.53 Å². The predicted molar refractivity (Wildman–Crippen MR) is 81.4 cm³/mol. The molecule has 0 spiro atoms. The Morgan fingerprint density at radius 1 is 1.35 bits per heavy atom. The molecule has 106 valence electrons. The van der Waals surface area contributed by atoms with Gasteiger partial charge < -0.3 is 10.1 Å². The van der Waals surface area contributed by atoms with Crippen LogP contribution in [0.3, 0.4) is 0 Å². The Morgan fingerprint density at radius 3 is 2.80 bits per heavy atom. The molecule has 20 heavy (non-hydrogen) atoms.